The molecule has 116 valence electrons. The summed E-state index contributed by atoms with van der Waals surface area (Å²) in [7, 11) is 1.52. The van der Waals surface area contributed by atoms with Crippen molar-refractivity contribution in [2.75, 3.05) is 7.11 Å². The number of carboxylic acid groups (broad SMARTS) is 1. The van der Waals surface area contributed by atoms with Crippen molar-refractivity contribution in [1.29, 1.82) is 0 Å². The van der Waals surface area contributed by atoms with Crippen LogP contribution in [0, 0.1) is 0 Å². The molecule has 0 bridgehead atoms. The van der Waals surface area contributed by atoms with E-state index in [1.165, 1.54) is 14.0 Å². The van der Waals surface area contributed by atoms with Crippen LogP contribution in [0.3, 0.4) is 0 Å². The molecule has 21 heavy (non-hydrogen) atoms. The molecule has 6 nitrogen and oxygen atoms in total. The predicted molar refractivity (Wildman–Crippen MR) is 77.7 cm³/mol. The Bertz CT molecular complexity index is 513. The highest BCUT2D eigenvalue weighted by Crippen LogP contribution is 2.32. The van der Waals surface area contributed by atoms with Crippen LogP contribution < -0.4 is 14.8 Å². The number of ether oxygens (including phenoxy) is 2. The maximum atomic E-state index is 11.2. The largest absolute Gasteiger partial charge is 0.493 e. The number of nitrogens with one attached hydrogen (secondary N) is 1. The third-order valence-corrected chi connectivity index (χ3v) is 2.73. The number of hydrogen-bond acceptors (Lipinski definition) is 4. The van der Waals surface area contributed by atoms with Gasteiger partial charge in [0.15, 0.2) is 11.5 Å². The van der Waals surface area contributed by atoms with Gasteiger partial charge in [-0.1, -0.05) is 12.1 Å². The van der Waals surface area contributed by atoms with E-state index in [9.17, 15) is 14.7 Å². The van der Waals surface area contributed by atoms with Gasteiger partial charge in [-0.25, -0.2) is 4.79 Å². The summed E-state index contributed by atoms with van der Waals surface area (Å²) in [6, 6.07) is 4.26. The maximum absolute atomic E-state index is 11.2. The van der Waals surface area contributed by atoms with Gasteiger partial charge in [0.1, 0.15) is 6.04 Å². The topological polar surface area (TPSA) is 84.9 Å². The first-order chi connectivity index (χ1) is 9.85. The molecule has 1 rings (SSSR count). The summed E-state index contributed by atoms with van der Waals surface area (Å²) in [5.41, 5.74) is 0.671. The Morgan fingerprint density at radius 3 is 2.48 bits per heavy atom. The summed E-state index contributed by atoms with van der Waals surface area (Å²) in [5, 5.41) is 11.6. The van der Waals surface area contributed by atoms with Crippen molar-refractivity contribution in [2.45, 2.75) is 39.3 Å². The number of benzene rings is 1. The normalized spacial score (nSPS) is 11.9. The molecule has 1 aromatic carbocycles. The van der Waals surface area contributed by atoms with Crippen LogP contribution >= 0.6 is 0 Å². The Balaban J connectivity index is 3.09. The van der Waals surface area contributed by atoms with E-state index >= 15 is 0 Å². The molecular formula is C15H21NO5. The summed E-state index contributed by atoms with van der Waals surface area (Å²) in [6.07, 6.45) is 0.0397. The van der Waals surface area contributed by atoms with Crippen LogP contribution in [-0.2, 0) is 16.0 Å². The average molecular weight is 295 g/mol. The van der Waals surface area contributed by atoms with Gasteiger partial charge in [0.2, 0.25) is 5.91 Å². The Kier molecular flexibility index (Phi) is 6.02. The summed E-state index contributed by atoms with van der Waals surface area (Å²) >= 11 is 0. The number of carbonyl (C=O) groups is 2. The van der Waals surface area contributed by atoms with E-state index < -0.39 is 17.9 Å². The lowest BCUT2D eigenvalue weighted by Crippen LogP contribution is -2.41. The van der Waals surface area contributed by atoms with Crippen molar-refractivity contribution in [1.82, 2.24) is 5.32 Å². The monoisotopic (exact) mass is 295 g/mol. The zero-order valence-electron chi connectivity index (χ0n) is 12.7. The number of rotatable bonds is 7. The van der Waals surface area contributed by atoms with E-state index in [2.05, 4.69) is 5.32 Å². The SMILES string of the molecule is COc1cccc(CC(NC(C)=O)C(=O)O)c1OC(C)C. The van der Waals surface area contributed by atoms with Gasteiger partial charge in [-0.2, -0.15) is 0 Å². The highest BCUT2D eigenvalue weighted by molar-refractivity contribution is 5.82. The smallest absolute Gasteiger partial charge is 0.326 e. The Labute approximate surface area is 124 Å². The zero-order valence-corrected chi connectivity index (χ0v) is 12.7. The Morgan fingerprint density at radius 2 is 2.00 bits per heavy atom. The van der Waals surface area contributed by atoms with Gasteiger partial charge in [0, 0.05) is 18.9 Å². The van der Waals surface area contributed by atoms with Crippen LogP contribution in [0.2, 0.25) is 0 Å². The molecule has 0 aliphatic carbocycles. The van der Waals surface area contributed by atoms with Gasteiger partial charge in [-0.15, -0.1) is 0 Å². The number of carbonyl (C=O) groups excluding carboxylic acids is 1. The van der Waals surface area contributed by atoms with Crippen molar-refractivity contribution in [3.63, 3.8) is 0 Å². The first-order valence-electron chi connectivity index (χ1n) is 6.67. The lowest BCUT2D eigenvalue weighted by atomic mass is 10.0. The number of amides is 1. The van der Waals surface area contributed by atoms with Crippen LogP contribution in [0.1, 0.15) is 26.3 Å². The highest BCUT2D eigenvalue weighted by Gasteiger charge is 2.22. The van der Waals surface area contributed by atoms with Gasteiger partial charge in [0.25, 0.3) is 0 Å². The lowest BCUT2D eigenvalue weighted by Gasteiger charge is -2.20. The fraction of sp³-hybridized carbons (Fsp3) is 0.467. The maximum Gasteiger partial charge on any atom is 0.326 e. The molecule has 0 fully saturated rings. The average Bonchev–Trinajstić information content (AvgIpc) is 2.38. The molecule has 0 saturated heterocycles. The molecule has 1 atom stereocenters. The Hall–Kier alpha value is -2.24. The summed E-state index contributed by atoms with van der Waals surface area (Å²) < 4.78 is 11.0. The third-order valence-electron chi connectivity index (χ3n) is 2.73. The molecule has 0 saturated carbocycles. The van der Waals surface area contributed by atoms with Crippen molar-refractivity contribution in [3.8, 4) is 11.5 Å². The molecule has 0 aromatic heterocycles. The molecule has 1 amide bonds. The van der Waals surface area contributed by atoms with E-state index in [4.69, 9.17) is 9.47 Å². The first kappa shape index (κ1) is 16.8. The minimum absolute atomic E-state index is 0.0795. The molecule has 1 aromatic rings. The molecule has 0 aliphatic heterocycles. The third kappa shape index (κ3) is 4.98. The fourth-order valence-electron chi connectivity index (χ4n) is 1.92. The predicted octanol–water partition coefficient (Wildman–Crippen LogP) is 1.61. The van der Waals surface area contributed by atoms with E-state index in [0.717, 1.165) is 0 Å². The summed E-state index contributed by atoms with van der Waals surface area (Å²) in [4.78, 5) is 22.3. The van der Waals surface area contributed by atoms with Crippen LogP contribution in [0.15, 0.2) is 18.2 Å². The molecule has 2 N–H and O–H groups in total. The summed E-state index contributed by atoms with van der Waals surface area (Å²) in [6.45, 7) is 5.03. The minimum Gasteiger partial charge on any atom is -0.493 e. The number of hydrogen-bond donors (Lipinski definition) is 2. The van der Waals surface area contributed by atoms with Crippen molar-refractivity contribution < 1.29 is 24.2 Å². The molecule has 0 heterocycles. The van der Waals surface area contributed by atoms with Gasteiger partial charge in [0.05, 0.1) is 13.2 Å². The van der Waals surface area contributed by atoms with Crippen LogP contribution in [0.25, 0.3) is 0 Å². The van der Waals surface area contributed by atoms with Crippen LogP contribution in [0.5, 0.6) is 11.5 Å². The molecule has 1 unspecified atom stereocenters. The van der Waals surface area contributed by atoms with Gasteiger partial charge in [-0.3, -0.25) is 4.79 Å². The number of aliphatic carboxylic acids is 1. The van der Waals surface area contributed by atoms with E-state index in [0.29, 0.717) is 17.1 Å². The Morgan fingerprint density at radius 1 is 1.33 bits per heavy atom. The van der Waals surface area contributed by atoms with Gasteiger partial charge >= 0.3 is 5.97 Å². The molecule has 0 spiro atoms. The quantitative estimate of drug-likeness (QED) is 0.798. The standard InChI is InChI=1S/C15H21NO5/c1-9(2)21-14-11(6-5-7-13(14)20-4)8-12(15(18)19)16-10(3)17/h5-7,9,12H,8H2,1-4H3,(H,16,17)(H,18,19). The second-order valence-corrected chi connectivity index (χ2v) is 4.91. The van der Waals surface area contributed by atoms with Gasteiger partial charge < -0.3 is 19.9 Å². The number of para-hydroxylation sites is 1. The van der Waals surface area contributed by atoms with E-state index in [1.807, 2.05) is 13.8 Å². The molecule has 0 radical (unpaired) electrons. The van der Waals surface area contributed by atoms with Crippen LogP contribution in [-0.4, -0.2) is 36.2 Å². The molecule has 6 heteroatoms. The van der Waals surface area contributed by atoms with E-state index in [1.54, 1.807) is 18.2 Å². The van der Waals surface area contributed by atoms with E-state index in [-0.39, 0.29) is 12.5 Å². The zero-order chi connectivity index (χ0) is 16.0. The number of methoxy groups -OCH3 is 1. The second kappa shape index (κ2) is 7.52. The first-order valence-corrected chi connectivity index (χ1v) is 6.67. The lowest BCUT2D eigenvalue weighted by molar-refractivity contribution is -0.141. The van der Waals surface area contributed by atoms with Crippen molar-refractivity contribution in [2.24, 2.45) is 0 Å². The number of carboxylic acids is 1. The van der Waals surface area contributed by atoms with Gasteiger partial charge in [-0.05, 0) is 19.9 Å². The fourth-order valence-corrected chi connectivity index (χ4v) is 1.92. The second-order valence-electron chi connectivity index (χ2n) is 4.91. The molecular weight excluding hydrogens is 274 g/mol. The van der Waals surface area contributed by atoms with Crippen LogP contribution in [0.4, 0.5) is 0 Å². The van der Waals surface area contributed by atoms with Crippen molar-refractivity contribution in [3.05, 3.63) is 23.8 Å². The van der Waals surface area contributed by atoms with Crippen molar-refractivity contribution >= 4 is 11.9 Å². The molecule has 0 aliphatic rings. The highest BCUT2D eigenvalue weighted by atomic mass is 16.5. The summed E-state index contributed by atoms with van der Waals surface area (Å²) in [5.74, 6) is -0.445. The minimum atomic E-state index is -1.09.